The van der Waals surface area contributed by atoms with Crippen LogP contribution in [0.3, 0.4) is 0 Å². The molecular formula is C10H15N5O4S. The van der Waals surface area contributed by atoms with Crippen molar-refractivity contribution in [3.8, 4) is 0 Å². The average molecular weight is 301 g/mol. The van der Waals surface area contributed by atoms with E-state index in [1.54, 1.807) is 11.8 Å². The van der Waals surface area contributed by atoms with Crippen LogP contribution in [0.4, 0.5) is 0 Å². The van der Waals surface area contributed by atoms with E-state index in [9.17, 15) is 9.59 Å². The van der Waals surface area contributed by atoms with Crippen molar-refractivity contribution >= 4 is 23.6 Å². The summed E-state index contributed by atoms with van der Waals surface area (Å²) in [7, 11) is 0. The van der Waals surface area contributed by atoms with Crippen LogP contribution in [-0.2, 0) is 14.3 Å². The number of hydrogen-bond acceptors (Lipinski definition) is 7. The molecule has 0 aliphatic carbocycles. The molecule has 1 atom stereocenters. The number of ether oxygens (including phenoxy) is 1. The number of carboxylic acids is 1. The summed E-state index contributed by atoms with van der Waals surface area (Å²) in [4.78, 5) is 24.6. The Morgan fingerprint density at radius 2 is 2.15 bits per heavy atom. The summed E-state index contributed by atoms with van der Waals surface area (Å²) in [6.45, 7) is 3.83. The minimum absolute atomic E-state index is 0.0993. The highest BCUT2D eigenvalue weighted by Crippen LogP contribution is 2.19. The maximum atomic E-state index is 12.3. The lowest BCUT2D eigenvalue weighted by Gasteiger charge is -2.29. The number of thioether (sulfide) groups is 1. The van der Waals surface area contributed by atoms with Gasteiger partial charge in [0.1, 0.15) is 6.04 Å². The molecule has 0 radical (unpaired) electrons. The van der Waals surface area contributed by atoms with Crippen LogP contribution in [0.25, 0.3) is 0 Å². The van der Waals surface area contributed by atoms with E-state index >= 15 is 0 Å². The molecular weight excluding hydrogens is 286 g/mol. The van der Waals surface area contributed by atoms with Crippen molar-refractivity contribution in [3.63, 3.8) is 0 Å². The van der Waals surface area contributed by atoms with Gasteiger partial charge in [-0.1, -0.05) is 11.8 Å². The highest BCUT2D eigenvalue weighted by Gasteiger charge is 2.26. The largest absolute Gasteiger partial charge is 0.481 e. The number of morpholine rings is 1. The van der Waals surface area contributed by atoms with Crippen LogP contribution in [0.15, 0.2) is 5.16 Å². The van der Waals surface area contributed by atoms with Crippen molar-refractivity contribution < 1.29 is 19.4 Å². The molecule has 10 heteroatoms. The van der Waals surface area contributed by atoms with Gasteiger partial charge in [0.25, 0.3) is 0 Å². The summed E-state index contributed by atoms with van der Waals surface area (Å²) in [6.07, 6.45) is 0. The predicted molar refractivity (Wildman–Crippen MR) is 68.3 cm³/mol. The van der Waals surface area contributed by atoms with Gasteiger partial charge in [0.2, 0.25) is 11.1 Å². The first-order chi connectivity index (χ1) is 9.59. The van der Waals surface area contributed by atoms with Gasteiger partial charge in [-0.25, -0.2) is 4.68 Å². The summed E-state index contributed by atoms with van der Waals surface area (Å²) in [5.41, 5.74) is 0. The lowest BCUT2D eigenvalue weighted by atomic mass is 10.2. The zero-order valence-corrected chi connectivity index (χ0v) is 11.7. The van der Waals surface area contributed by atoms with Crippen LogP contribution < -0.4 is 0 Å². The smallest absolute Gasteiger partial charge is 0.313 e. The fourth-order valence-corrected chi connectivity index (χ4v) is 2.48. The van der Waals surface area contributed by atoms with E-state index in [1.807, 2.05) is 0 Å². The maximum Gasteiger partial charge on any atom is 0.313 e. The number of carboxylic acid groups (broad SMARTS) is 1. The highest BCUT2D eigenvalue weighted by atomic mass is 32.2. The number of aromatic nitrogens is 4. The Morgan fingerprint density at radius 1 is 1.45 bits per heavy atom. The molecule has 0 spiro atoms. The van der Waals surface area contributed by atoms with E-state index in [2.05, 4.69) is 15.5 Å². The van der Waals surface area contributed by atoms with Gasteiger partial charge >= 0.3 is 5.97 Å². The van der Waals surface area contributed by atoms with Gasteiger partial charge < -0.3 is 14.7 Å². The van der Waals surface area contributed by atoms with Crippen LogP contribution in [0.1, 0.15) is 13.0 Å². The van der Waals surface area contributed by atoms with Crippen molar-refractivity contribution in [1.82, 2.24) is 25.1 Å². The van der Waals surface area contributed by atoms with E-state index < -0.39 is 12.0 Å². The summed E-state index contributed by atoms with van der Waals surface area (Å²) in [5, 5.41) is 20.0. The van der Waals surface area contributed by atoms with E-state index in [1.165, 1.54) is 4.68 Å². The second-order valence-electron chi connectivity index (χ2n) is 4.20. The Bertz CT molecular complexity index is 488. The number of nitrogens with zero attached hydrogens (tertiary/aromatic N) is 5. The molecule has 20 heavy (non-hydrogen) atoms. The monoisotopic (exact) mass is 301 g/mol. The number of rotatable bonds is 5. The molecule has 0 saturated carbocycles. The van der Waals surface area contributed by atoms with Gasteiger partial charge in [-0.15, -0.1) is 5.10 Å². The standard InChI is InChI=1S/C10H15N5O4S/c1-7(9(18)14-2-4-19-5-3-14)15-10(11-12-13-15)20-6-8(16)17/h7H,2-6H2,1H3,(H,16,17). The first kappa shape index (κ1) is 14.7. The minimum Gasteiger partial charge on any atom is -0.481 e. The first-order valence-corrected chi connectivity index (χ1v) is 7.07. The van der Waals surface area contributed by atoms with Crippen LogP contribution in [0.5, 0.6) is 0 Å². The number of aliphatic carboxylic acids is 1. The van der Waals surface area contributed by atoms with E-state index in [-0.39, 0.29) is 11.7 Å². The third-order valence-corrected chi connectivity index (χ3v) is 3.75. The lowest BCUT2D eigenvalue weighted by molar-refractivity contribution is -0.139. The van der Waals surface area contributed by atoms with E-state index in [0.29, 0.717) is 31.5 Å². The maximum absolute atomic E-state index is 12.3. The van der Waals surface area contributed by atoms with Crippen LogP contribution >= 0.6 is 11.8 Å². The summed E-state index contributed by atoms with van der Waals surface area (Å²) >= 11 is 0.986. The molecule has 9 nitrogen and oxygen atoms in total. The molecule has 1 aliphatic heterocycles. The molecule has 1 aromatic heterocycles. The SMILES string of the molecule is CC(C(=O)N1CCOCC1)n1nnnc1SCC(=O)O. The molecule has 1 aliphatic rings. The van der Waals surface area contributed by atoms with Gasteiger partial charge in [0.15, 0.2) is 0 Å². The molecule has 1 fully saturated rings. The first-order valence-electron chi connectivity index (χ1n) is 6.08. The molecule has 110 valence electrons. The number of amides is 1. The predicted octanol–water partition coefficient (Wildman–Crippen LogP) is -0.730. The zero-order valence-electron chi connectivity index (χ0n) is 10.9. The van der Waals surface area contributed by atoms with Gasteiger partial charge in [0.05, 0.1) is 19.0 Å². The Hall–Kier alpha value is -1.68. The Morgan fingerprint density at radius 3 is 2.80 bits per heavy atom. The second-order valence-corrected chi connectivity index (χ2v) is 5.14. The molecule has 1 saturated heterocycles. The fourth-order valence-electron chi connectivity index (χ4n) is 1.80. The van der Waals surface area contributed by atoms with Crippen molar-refractivity contribution in [2.75, 3.05) is 32.1 Å². The average Bonchev–Trinajstić information content (AvgIpc) is 2.93. The quantitative estimate of drug-likeness (QED) is 0.709. The Balaban J connectivity index is 2.04. The number of carbonyl (C=O) groups excluding carboxylic acids is 1. The van der Waals surface area contributed by atoms with Crippen LogP contribution in [-0.4, -0.2) is 74.1 Å². The second kappa shape index (κ2) is 6.66. The summed E-state index contributed by atoms with van der Waals surface area (Å²) in [6, 6.07) is -0.570. The van der Waals surface area contributed by atoms with Crippen molar-refractivity contribution in [2.45, 2.75) is 18.1 Å². The van der Waals surface area contributed by atoms with Gasteiger partial charge in [-0.3, -0.25) is 9.59 Å². The van der Waals surface area contributed by atoms with Crippen molar-refractivity contribution in [2.24, 2.45) is 0 Å². The normalized spacial score (nSPS) is 16.9. The third-order valence-electron chi connectivity index (χ3n) is 2.83. The molecule has 0 aromatic carbocycles. The van der Waals surface area contributed by atoms with Crippen molar-refractivity contribution in [1.29, 1.82) is 0 Å². The lowest BCUT2D eigenvalue weighted by Crippen LogP contribution is -2.44. The topological polar surface area (TPSA) is 110 Å². The van der Waals surface area contributed by atoms with E-state index in [4.69, 9.17) is 9.84 Å². The van der Waals surface area contributed by atoms with E-state index in [0.717, 1.165) is 11.8 Å². The third kappa shape index (κ3) is 3.45. The fraction of sp³-hybridized carbons (Fsp3) is 0.700. The Labute approximate surface area is 119 Å². The molecule has 2 rings (SSSR count). The minimum atomic E-state index is -0.961. The highest BCUT2D eigenvalue weighted by molar-refractivity contribution is 7.99. The van der Waals surface area contributed by atoms with Crippen molar-refractivity contribution in [3.05, 3.63) is 0 Å². The summed E-state index contributed by atoms with van der Waals surface area (Å²) in [5.74, 6) is -1.21. The molecule has 2 heterocycles. The van der Waals surface area contributed by atoms with Gasteiger partial charge in [-0.05, 0) is 17.4 Å². The Kier molecular flexibility index (Phi) is 4.90. The number of tetrazole rings is 1. The number of carbonyl (C=O) groups is 2. The zero-order chi connectivity index (χ0) is 14.5. The molecule has 1 aromatic rings. The molecule has 0 bridgehead atoms. The van der Waals surface area contributed by atoms with Crippen LogP contribution in [0, 0.1) is 0 Å². The molecule has 1 N–H and O–H groups in total. The van der Waals surface area contributed by atoms with Gasteiger partial charge in [0, 0.05) is 13.1 Å². The molecule has 1 amide bonds. The van der Waals surface area contributed by atoms with Gasteiger partial charge in [-0.2, -0.15) is 0 Å². The summed E-state index contributed by atoms with van der Waals surface area (Å²) < 4.78 is 6.55. The number of hydrogen-bond donors (Lipinski definition) is 1. The molecule has 1 unspecified atom stereocenters. The van der Waals surface area contributed by atoms with Crippen LogP contribution in [0.2, 0.25) is 0 Å².